The summed E-state index contributed by atoms with van der Waals surface area (Å²) < 4.78 is 94.1. The van der Waals surface area contributed by atoms with Gasteiger partial charge < -0.3 is 15.3 Å². The predicted octanol–water partition coefficient (Wildman–Crippen LogP) is 8.30. The normalized spacial score (nSPS) is 32.4. The van der Waals surface area contributed by atoms with Crippen LogP contribution in [-0.2, 0) is 0 Å². The van der Waals surface area contributed by atoms with Crippen molar-refractivity contribution in [2.75, 3.05) is 0 Å². The van der Waals surface area contributed by atoms with Gasteiger partial charge in [-0.3, -0.25) is 0 Å². The maximum atomic E-state index is 14.3. The second-order valence-corrected chi connectivity index (χ2v) is 14.1. The summed E-state index contributed by atoms with van der Waals surface area (Å²) in [5.41, 5.74) is -5.05. The summed E-state index contributed by atoms with van der Waals surface area (Å²) >= 11 is 0. The largest absolute Gasteiger partial charge is 0.438 e. The zero-order chi connectivity index (χ0) is 32.6. The summed E-state index contributed by atoms with van der Waals surface area (Å²) in [6.45, 7) is 11.1. The lowest BCUT2D eigenvalue weighted by Crippen LogP contribution is -2.55. The molecular formula is C33H45F7O3. The molecule has 0 amide bonds. The molecule has 0 saturated heterocycles. The van der Waals surface area contributed by atoms with Crippen molar-refractivity contribution < 1.29 is 46.1 Å². The van der Waals surface area contributed by atoms with Crippen LogP contribution in [0.1, 0.15) is 98.3 Å². The van der Waals surface area contributed by atoms with Gasteiger partial charge >= 0.3 is 18.0 Å². The monoisotopic (exact) mass is 622 g/mol. The van der Waals surface area contributed by atoms with Crippen molar-refractivity contribution >= 4 is 0 Å². The first-order valence-electron chi connectivity index (χ1n) is 15.0. The van der Waals surface area contributed by atoms with Crippen molar-refractivity contribution in [1.29, 1.82) is 0 Å². The summed E-state index contributed by atoms with van der Waals surface area (Å²) in [6, 6.07) is 0. The van der Waals surface area contributed by atoms with Crippen LogP contribution in [0, 0.1) is 34.5 Å². The van der Waals surface area contributed by atoms with Gasteiger partial charge in [0.2, 0.25) is 0 Å². The number of hydrogen-bond donors (Lipinski definition) is 3. The van der Waals surface area contributed by atoms with Crippen LogP contribution in [0.25, 0.3) is 0 Å². The van der Waals surface area contributed by atoms with Crippen LogP contribution in [0.4, 0.5) is 30.7 Å². The van der Waals surface area contributed by atoms with Crippen LogP contribution in [0.5, 0.6) is 0 Å². The molecule has 244 valence electrons. The Morgan fingerprint density at radius 3 is 2.21 bits per heavy atom. The molecule has 0 spiro atoms. The van der Waals surface area contributed by atoms with E-state index in [9.17, 15) is 46.1 Å². The van der Waals surface area contributed by atoms with Gasteiger partial charge in [0.15, 0.2) is 0 Å². The van der Waals surface area contributed by atoms with Gasteiger partial charge in [-0.05, 0) is 105 Å². The zero-order valence-corrected chi connectivity index (χ0v) is 25.4. The highest BCUT2D eigenvalue weighted by atomic mass is 19.4. The van der Waals surface area contributed by atoms with Gasteiger partial charge in [-0.15, -0.1) is 0 Å². The Labute approximate surface area is 250 Å². The van der Waals surface area contributed by atoms with E-state index in [1.165, 1.54) is 0 Å². The van der Waals surface area contributed by atoms with Crippen LogP contribution in [0.3, 0.4) is 0 Å². The Bertz CT molecular complexity index is 1140. The third kappa shape index (κ3) is 7.70. The van der Waals surface area contributed by atoms with E-state index < -0.39 is 41.2 Å². The fourth-order valence-corrected chi connectivity index (χ4v) is 7.81. The molecule has 2 unspecified atom stereocenters. The van der Waals surface area contributed by atoms with Gasteiger partial charge in [0.25, 0.3) is 0 Å². The molecule has 0 aromatic rings. The third-order valence-corrected chi connectivity index (χ3v) is 10.1. The van der Waals surface area contributed by atoms with Gasteiger partial charge in [0, 0.05) is 12.8 Å². The molecule has 0 aliphatic heterocycles. The number of fused-ring (bicyclic) bond motifs is 1. The molecule has 0 aromatic heterocycles. The van der Waals surface area contributed by atoms with Crippen LogP contribution in [0.15, 0.2) is 35.5 Å². The van der Waals surface area contributed by atoms with E-state index in [2.05, 4.69) is 19.4 Å². The van der Waals surface area contributed by atoms with E-state index in [0.29, 0.717) is 43.3 Å². The summed E-state index contributed by atoms with van der Waals surface area (Å²) in [4.78, 5) is 0. The van der Waals surface area contributed by atoms with Crippen LogP contribution in [0.2, 0.25) is 0 Å². The first-order valence-corrected chi connectivity index (χ1v) is 15.0. The quantitative estimate of drug-likeness (QED) is 0.198. The second kappa shape index (κ2) is 12.5. The molecule has 0 radical (unpaired) electrons. The lowest BCUT2D eigenvalue weighted by Gasteiger charge is -2.49. The Balaban J connectivity index is 1.95. The predicted molar refractivity (Wildman–Crippen MR) is 151 cm³/mol. The number of aliphatic hydroxyl groups is 3. The van der Waals surface area contributed by atoms with Crippen molar-refractivity contribution in [3.8, 4) is 11.8 Å². The number of rotatable bonds is 7. The molecule has 3 aliphatic rings. The van der Waals surface area contributed by atoms with E-state index >= 15 is 0 Å². The summed E-state index contributed by atoms with van der Waals surface area (Å²) in [5, 5.41) is 29.9. The Morgan fingerprint density at radius 1 is 1.00 bits per heavy atom. The highest BCUT2D eigenvalue weighted by Gasteiger charge is 2.70. The molecule has 3 fully saturated rings. The molecule has 3 N–H and O–H groups in total. The molecule has 3 nitrogen and oxygen atoms in total. The molecule has 0 aromatic carbocycles. The molecule has 3 saturated carbocycles. The lowest BCUT2D eigenvalue weighted by molar-refractivity contribution is -0.343. The van der Waals surface area contributed by atoms with Crippen LogP contribution < -0.4 is 0 Å². The molecule has 0 bridgehead atoms. The topological polar surface area (TPSA) is 60.7 Å². The molecule has 3 rings (SSSR count). The van der Waals surface area contributed by atoms with Crippen molar-refractivity contribution in [3.05, 3.63) is 35.5 Å². The van der Waals surface area contributed by atoms with Crippen molar-refractivity contribution in [2.24, 2.45) is 22.7 Å². The average molecular weight is 623 g/mol. The molecule has 43 heavy (non-hydrogen) atoms. The average Bonchev–Trinajstić information content (AvgIpc) is 3.21. The zero-order valence-electron chi connectivity index (χ0n) is 25.4. The van der Waals surface area contributed by atoms with Gasteiger partial charge in [0.05, 0.1) is 11.7 Å². The fraction of sp³-hybridized carbons (Fsp3) is 0.758. The van der Waals surface area contributed by atoms with E-state index in [-0.39, 0.29) is 30.1 Å². The first kappa shape index (κ1) is 35.6. The number of aliphatic hydroxyl groups excluding tert-OH is 1. The van der Waals surface area contributed by atoms with Gasteiger partial charge in [-0.2, -0.15) is 26.3 Å². The van der Waals surface area contributed by atoms with E-state index in [1.807, 2.05) is 19.1 Å². The minimum Gasteiger partial charge on any atom is -0.393 e. The van der Waals surface area contributed by atoms with E-state index in [0.717, 1.165) is 37.2 Å². The Kier molecular flexibility index (Phi) is 10.4. The standard InChI is InChI=1S/C33H45F7O3/c1-21-23(19-24(41)20-26(21)34)11-10-22-9-6-17-30(5)25(22)12-13-27(30)29(4,15-7-14-28(2,3)42)16-8-18-31(43,32(35,36)37)33(38,39)40/h10-11,24-27,41-43H,1,6-7,9,12-17,19-20H2,2-5H3/t24?,25?,26-,27+,29-,30-/m0/s1. The number of alkyl halides is 7. The maximum Gasteiger partial charge on any atom is 0.438 e. The summed E-state index contributed by atoms with van der Waals surface area (Å²) in [5.74, 6) is 3.28. The maximum absolute atomic E-state index is 14.3. The number of allylic oxidation sites excluding steroid dienone is 4. The molecule has 3 aliphatic carbocycles. The third-order valence-electron chi connectivity index (χ3n) is 10.1. The SMILES string of the molecule is C=C1C(=CC=C2CCC[C@@]3(C)C2CC[C@@H]3[C@](C)(CC#CC(O)(C(F)(F)F)C(F)(F)F)CCCC(C)(C)O)CC(O)C[C@@H]1F. The molecule has 10 heteroatoms. The first-order chi connectivity index (χ1) is 19.5. The Hall–Kier alpha value is -1.83. The fourth-order valence-electron chi connectivity index (χ4n) is 7.81. The second-order valence-electron chi connectivity index (χ2n) is 14.1. The lowest BCUT2D eigenvalue weighted by atomic mass is 9.55. The number of hydrogen-bond acceptors (Lipinski definition) is 3. The molecule has 0 heterocycles. The van der Waals surface area contributed by atoms with Crippen LogP contribution >= 0.6 is 0 Å². The molecular weight excluding hydrogens is 577 g/mol. The minimum absolute atomic E-state index is 0.0212. The highest BCUT2D eigenvalue weighted by molar-refractivity contribution is 5.39. The Morgan fingerprint density at radius 2 is 1.63 bits per heavy atom. The summed E-state index contributed by atoms with van der Waals surface area (Å²) in [6.07, 6.45) is -5.02. The summed E-state index contributed by atoms with van der Waals surface area (Å²) in [7, 11) is 0. The molecule has 6 atom stereocenters. The van der Waals surface area contributed by atoms with Crippen molar-refractivity contribution in [1.82, 2.24) is 0 Å². The highest BCUT2D eigenvalue weighted by Crippen LogP contribution is 2.63. The van der Waals surface area contributed by atoms with E-state index in [1.54, 1.807) is 13.8 Å². The van der Waals surface area contributed by atoms with Crippen molar-refractivity contribution in [2.45, 2.75) is 134 Å². The number of halogens is 7. The van der Waals surface area contributed by atoms with Gasteiger partial charge in [-0.25, -0.2) is 4.39 Å². The van der Waals surface area contributed by atoms with Crippen LogP contribution in [-0.4, -0.2) is 51.1 Å². The minimum atomic E-state index is -6.01. The van der Waals surface area contributed by atoms with Crippen molar-refractivity contribution in [3.63, 3.8) is 0 Å². The van der Waals surface area contributed by atoms with E-state index in [4.69, 9.17) is 0 Å². The smallest absolute Gasteiger partial charge is 0.393 e. The van der Waals surface area contributed by atoms with Gasteiger partial charge in [-0.1, -0.05) is 50.5 Å². The van der Waals surface area contributed by atoms with Gasteiger partial charge in [0.1, 0.15) is 6.17 Å².